The molecule has 0 aliphatic rings. The van der Waals surface area contributed by atoms with Crippen molar-refractivity contribution in [3.8, 4) is 10.6 Å². The van der Waals surface area contributed by atoms with E-state index >= 15 is 0 Å². The van der Waals surface area contributed by atoms with E-state index in [9.17, 15) is 14.5 Å². The summed E-state index contributed by atoms with van der Waals surface area (Å²) in [6.45, 7) is 0. The van der Waals surface area contributed by atoms with E-state index in [0.29, 0.717) is 13.6 Å². The zero-order chi connectivity index (χ0) is 11.7. The van der Waals surface area contributed by atoms with Gasteiger partial charge in [0.25, 0.3) is 5.69 Å². The molecule has 2 rings (SSSR count). The monoisotopic (exact) mass is 351 g/mol. The number of rotatable bonds is 2. The van der Waals surface area contributed by atoms with Gasteiger partial charge in [-0.15, -0.1) is 10.2 Å². The highest BCUT2D eigenvalue weighted by atomic mass is 127. The van der Waals surface area contributed by atoms with Gasteiger partial charge in [-0.25, -0.2) is 4.39 Å². The van der Waals surface area contributed by atoms with Crippen molar-refractivity contribution in [3.05, 3.63) is 37.1 Å². The molecule has 0 atom stereocenters. The molecule has 0 saturated heterocycles. The SMILES string of the molecule is O=[N+]([O-])c1cc(F)cc(-c2nnc(I)s2)c1. The maximum Gasteiger partial charge on any atom is 0.273 e. The number of nitrogens with zero attached hydrogens (tertiary/aromatic N) is 3. The van der Waals surface area contributed by atoms with Crippen LogP contribution in [0.1, 0.15) is 0 Å². The van der Waals surface area contributed by atoms with Crippen LogP contribution in [-0.4, -0.2) is 15.1 Å². The normalized spacial score (nSPS) is 10.4. The minimum absolute atomic E-state index is 0.291. The van der Waals surface area contributed by atoms with Gasteiger partial charge in [-0.3, -0.25) is 10.1 Å². The third-order valence-electron chi connectivity index (χ3n) is 1.74. The zero-order valence-corrected chi connectivity index (χ0v) is 10.5. The quantitative estimate of drug-likeness (QED) is 0.474. The van der Waals surface area contributed by atoms with Crippen molar-refractivity contribution in [1.82, 2.24) is 10.2 Å². The Balaban J connectivity index is 2.53. The van der Waals surface area contributed by atoms with Gasteiger partial charge in [0.2, 0.25) is 0 Å². The number of nitro groups is 1. The first-order chi connectivity index (χ1) is 7.56. The van der Waals surface area contributed by atoms with Gasteiger partial charge < -0.3 is 0 Å². The molecular formula is C8H3FIN3O2S. The molecule has 0 bridgehead atoms. The first-order valence-corrected chi connectivity index (χ1v) is 5.90. The Bertz CT molecular complexity index is 560. The third-order valence-corrected chi connectivity index (χ3v) is 3.38. The Hall–Kier alpha value is -1.16. The van der Waals surface area contributed by atoms with E-state index in [2.05, 4.69) is 10.2 Å². The van der Waals surface area contributed by atoms with Crippen LogP contribution < -0.4 is 0 Å². The van der Waals surface area contributed by atoms with Crippen LogP contribution >= 0.6 is 33.9 Å². The number of aromatic nitrogens is 2. The van der Waals surface area contributed by atoms with Crippen molar-refractivity contribution in [1.29, 1.82) is 0 Å². The van der Waals surface area contributed by atoms with Crippen molar-refractivity contribution >= 4 is 39.6 Å². The standard InChI is InChI=1S/C8H3FIN3O2S/c9-5-1-4(2-6(3-5)13(14)15)7-11-12-8(10)16-7/h1-3H. The molecule has 0 unspecified atom stereocenters. The third kappa shape index (κ3) is 2.32. The summed E-state index contributed by atoms with van der Waals surface area (Å²) in [5.74, 6) is -0.658. The van der Waals surface area contributed by atoms with Gasteiger partial charge in [0.1, 0.15) is 10.8 Å². The average Bonchev–Trinajstić information content (AvgIpc) is 2.64. The van der Waals surface area contributed by atoms with Crippen LogP contribution in [0.3, 0.4) is 0 Å². The fourth-order valence-corrected chi connectivity index (χ4v) is 2.42. The number of non-ortho nitro benzene ring substituents is 1. The predicted octanol–water partition coefficient (Wildman–Crippen LogP) is 2.86. The van der Waals surface area contributed by atoms with Crippen LogP contribution in [0.5, 0.6) is 0 Å². The summed E-state index contributed by atoms with van der Waals surface area (Å²) in [6, 6.07) is 3.35. The lowest BCUT2D eigenvalue weighted by Crippen LogP contribution is -1.90. The largest absolute Gasteiger partial charge is 0.273 e. The summed E-state index contributed by atoms with van der Waals surface area (Å²) >= 11 is 3.22. The minimum atomic E-state index is -0.658. The molecule has 16 heavy (non-hydrogen) atoms. The van der Waals surface area contributed by atoms with Crippen LogP contribution in [0, 0.1) is 18.9 Å². The number of hydrogen-bond acceptors (Lipinski definition) is 5. The topological polar surface area (TPSA) is 68.9 Å². The van der Waals surface area contributed by atoms with Gasteiger partial charge in [-0.1, -0.05) is 11.3 Å². The van der Waals surface area contributed by atoms with E-state index in [1.807, 2.05) is 22.6 Å². The second-order valence-electron chi connectivity index (χ2n) is 2.82. The van der Waals surface area contributed by atoms with Gasteiger partial charge in [0, 0.05) is 11.6 Å². The molecule has 0 fully saturated rings. The van der Waals surface area contributed by atoms with Gasteiger partial charge >= 0.3 is 0 Å². The molecule has 0 saturated carbocycles. The summed E-state index contributed by atoms with van der Waals surface area (Å²) in [7, 11) is 0. The molecule has 0 N–H and O–H groups in total. The molecule has 8 heteroatoms. The average molecular weight is 351 g/mol. The van der Waals surface area contributed by atoms with E-state index in [0.717, 1.165) is 6.07 Å². The Kier molecular flexibility index (Phi) is 3.10. The highest BCUT2D eigenvalue weighted by Gasteiger charge is 2.13. The van der Waals surface area contributed by atoms with Gasteiger partial charge in [-0.05, 0) is 28.7 Å². The molecule has 5 nitrogen and oxygen atoms in total. The van der Waals surface area contributed by atoms with Crippen LogP contribution in [0.25, 0.3) is 10.6 Å². The lowest BCUT2D eigenvalue weighted by Gasteiger charge is -1.96. The molecule has 2 aromatic rings. The zero-order valence-electron chi connectivity index (χ0n) is 7.55. The molecule has 1 aromatic heterocycles. The molecule has 0 aliphatic carbocycles. The number of halogens is 2. The van der Waals surface area contributed by atoms with Crippen LogP contribution in [-0.2, 0) is 0 Å². The van der Waals surface area contributed by atoms with Crippen molar-refractivity contribution in [3.63, 3.8) is 0 Å². The summed E-state index contributed by atoms with van der Waals surface area (Å²) in [5, 5.41) is 18.6. The Morgan fingerprint density at radius 1 is 1.38 bits per heavy atom. The maximum absolute atomic E-state index is 13.1. The lowest BCUT2D eigenvalue weighted by molar-refractivity contribution is -0.385. The first kappa shape index (κ1) is 11.3. The Labute approximate surface area is 107 Å². The van der Waals surface area contributed by atoms with Gasteiger partial charge in [0.05, 0.1) is 11.0 Å². The predicted molar refractivity (Wildman–Crippen MR) is 64.7 cm³/mol. The van der Waals surface area contributed by atoms with Crippen LogP contribution in [0.2, 0.25) is 0 Å². The van der Waals surface area contributed by atoms with Crippen molar-refractivity contribution in [2.24, 2.45) is 0 Å². The number of hydrogen-bond donors (Lipinski definition) is 0. The molecule has 1 aromatic carbocycles. The second-order valence-corrected chi connectivity index (χ2v) is 5.55. The van der Waals surface area contributed by atoms with Crippen molar-refractivity contribution in [2.45, 2.75) is 0 Å². The summed E-state index contributed by atoms with van der Waals surface area (Å²) in [4.78, 5) is 9.91. The molecule has 0 spiro atoms. The fourth-order valence-electron chi connectivity index (χ4n) is 1.13. The Morgan fingerprint density at radius 2 is 2.12 bits per heavy atom. The summed E-state index contributed by atoms with van der Waals surface area (Å²) in [5.41, 5.74) is 0.0762. The molecule has 0 radical (unpaired) electrons. The van der Waals surface area contributed by atoms with Crippen LogP contribution in [0.4, 0.5) is 10.1 Å². The highest BCUT2D eigenvalue weighted by Crippen LogP contribution is 2.28. The molecule has 82 valence electrons. The first-order valence-electron chi connectivity index (χ1n) is 4.00. The fraction of sp³-hybridized carbons (Fsp3) is 0. The van der Waals surface area contributed by atoms with Gasteiger partial charge in [0.15, 0.2) is 3.01 Å². The van der Waals surface area contributed by atoms with E-state index in [-0.39, 0.29) is 5.69 Å². The highest BCUT2D eigenvalue weighted by molar-refractivity contribution is 14.1. The smallest absolute Gasteiger partial charge is 0.258 e. The van der Waals surface area contributed by atoms with Crippen molar-refractivity contribution < 1.29 is 9.31 Å². The number of benzene rings is 1. The molecule has 0 aliphatic heterocycles. The molecule has 1 heterocycles. The van der Waals surface area contributed by atoms with E-state index < -0.39 is 10.7 Å². The van der Waals surface area contributed by atoms with E-state index in [1.165, 1.54) is 23.5 Å². The summed E-state index contributed by atoms with van der Waals surface area (Å²) < 4.78 is 13.8. The van der Waals surface area contributed by atoms with Crippen LogP contribution in [0.15, 0.2) is 18.2 Å². The second kappa shape index (κ2) is 4.37. The van der Waals surface area contributed by atoms with E-state index in [4.69, 9.17) is 0 Å². The number of nitro benzene ring substituents is 1. The Morgan fingerprint density at radius 3 is 2.69 bits per heavy atom. The minimum Gasteiger partial charge on any atom is -0.258 e. The van der Waals surface area contributed by atoms with Crippen molar-refractivity contribution in [2.75, 3.05) is 0 Å². The maximum atomic E-state index is 13.1. The summed E-state index contributed by atoms with van der Waals surface area (Å²) in [6.07, 6.45) is 0. The van der Waals surface area contributed by atoms with E-state index in [1.54, 1.807) is 0 Å². The lowest BCUT2D eigenvalue weighted by atomic mass is 10.2. The molecular weight excluding hydrogens is 348 g/mol. The van der Waals surface area contributed by atoms with Gasteiger partial charge in [-0.2, -0.15) is 0 Å². The molecule has 0 amide bonds.